The molecule has 0 radical (unpaired) electrons. The number of nitrogens with one attached hydrogen (secondary N) is 1. The Morgan fingerprint density at radius 1 is 1.31 bits per heavy atom. The highest BCUT2D eigenvalue weighted by molar-refractivity contribution is 6.01. The van der Waals surface area contributed by atoms with Crippen LogP contribution in [0.15, 0.2) is 41.6 Å². The number of anilines is 1. The molecule has 2 atom stereocenters. The fraction of sp³-hybridized carbons (Fsp3) is 0.292. The van der Waals surface area contributed by atoms with Gasteiger partial charge < -0.3 is 31.5 Å². The lowest BCUT2D eigenvalue weighted by molar-refractivity contribution is -0.126. The van der Waals surface area contributed by atoms with Crippen molar-refractivity contribution in [1.29, 1.82) is 0 Å². The van der Waals surface area contributed by atoms with Crippen LogP contribution in [0, 0.1) is 12.7 Å². The van der Waals surface area contributed by atoms with Crippen LogP contribution >= 0.6 is 0 Å². The van der Waals surface area contributed by atoms with Crippen molar-refractivity contribution in [1.82, 2.24) is 20.3 Å². The van der Waals surface area contributed by atoms with Crippen molar-refractivity contribution in [2.45, 2.75) is 31.9 Å². The lowest BCUT2D eigenvalue weighted by atomic mass is 9.90. The van der Waals surface area contributed by atoms with E-state index in [1.54, 1.807) is 31.2 Å². The molecule has 11 nitrogen and oxygen atoms in total. The van der Waals surface area contributed by atoms with Gasteiger partial charge in [0.25, 0.3) is 0 Å². The predicted molar refractivity (Wildman–Crippen MR) is 129 cm³/mol. The van der Waals surface area contributed by atoms with Gasteiger partial charge in [0.05, 0.1) is 35.8 Å². The smallest absolute Gasteiger partial charge is 0.246 e. The van der Waals surface area contributed by atoms with E-state index in [1.165, 1.54) is 19.2 Å². The monoisotopic (exact) mass is 495 g/mol. The number of aliphatic hydroxyl groups is 1. The number of nitrogen functional groups attached to an aromatic ring is 1. The zero-order valence-electron chi connectivity index (χ0n) is 19.7. The first-order valence-corrected chi connectivity index (χ1v) is 11.1. The molecule has 3 heterocycles. The number of hydrogen-bond acceptors (Lipinski definition) is 9. The molecular weight excluding hydrogens is 469 g/mol. The van der Waals surface area contributed by atoms with Gasteiger partial charge in [0, 0.05) is 24.5 Å². The van der Waals surface area contributed by atoms with E-state index in [0.717, 1.165) is 5.56 Å². The van der Waals surface area contributed by atoms with E-state index in [2.05, 4.69) is 25.4 Å². The number of aryl methyl sites for hydroxylation is 1. The highest BCUT2D eigenvalue weighted by Gasteiger charge is 2.30. The van der Waals surface area contributed by atoms with Gasteiger partial charge in [-0.05, 0) is 30.7 Å². The van der Waals surface area contributed by atoms with Crippen molar-refractivity contribution >= 4 is 17.7 Å². The van der Waals surface area contributed by atoms with Crippen LogP contribution in [-0.2, 0) is 16.1 Å². The number of ether oxygens (including phenoxy) is 1. The van der Waals surface area contributed by atoms with Crippen LogP contribution < -0.4 is 21.5 Å². The normalized spacial score (nSPS) is 16.7. The molecule has 0 bridgehead atoms. The van der Waals surface area contributed by atoms with Crippen molar-refractivity contribution in [3.05, 3.63) is 64.7 Å². The third-order valence-corrected chi connectivity index (χ3v) is 5.69. The summed E-state index contributed by atoms with van der Waals surface area (Å²) in [6, 6.07) is 9.31. The lowest BCUT2D eigenvalue weighted by Crippen LogP contribution is -2.38. The Bertz CT molecular complexity index is 1320. The average Bonchev–Trinajstić information content (AvgIpc) is 2.85. The van der Waals surface area contributed by atoms with Gasteiger partial charge in [0.1, 0.15) is 18.5 Å². The number of nitrogens with zero attached hydrogens (tertiary/aromatic N) is 4. The highest BCUT2D eigenvalue weighted by Crippen LogP contribution is 2.34. The van der Waals surface area contributed by atoms with Gasteiger partial charge in [-0.1, -0.05) is 17.3 Å². The molecule has 188 valence electrons. The molecule has 0 saturated heterocycles. The van der Waals surface area contributed by atoms with E-state index in [-0.39, 0.29) is 19.0 Å². The molecule has 1 amide bonds. The largest absolute Gasteiger partial charge is 0.481 e. The van der Waals surface area contributed by atoms with E-state index in [1.807, 2.05) is 0 Å². The third-order valence-electron chi connectivity index (χ3n) is 5.69. The minimum absolute atomic E-state index is 0.0246. The Morgan fingerprint density at radius 3 is 2.86 bits per heavy atom. The van der Waals surface area contributed by atoms with Gasteiger partial charge in [0.15, 0.2) is 5.84 Å². The van der Waals surface area contributed by atoms with E-state index in [0.29, 0.717) is 46.3 Å². The number of nitrogens with two attached hydrogens (primary N) is 2. The number of halogens is 1. The average molecular weight is 496 g/mol. The SMILES string of the molecule is COc1cccc(-c2cc(F)ccc2C2Cc3nc(N)nc(C)c3C(=NOCCC(O)C(N)=O)N2)n1. The van der Waals surface area contributed by atoms with Crippen LogP contribution in [0.25, 0.3) is 11.3 Å². The number of oxime groups is 1. The predicted octanol–water partition coefficient (Wildman–Crippen LogP) is 1.38. The molecule has 1 aliphatic heterocycles. The van der Waals surface area contributed by atoms with Gasteiger partial charge in [-0.25, -0.2) is 19.3 Å². The van der Waals surface area contributed by atoms with Crippen molar-refractivity contribution in [3.8, 4) is 17.1 Å². The molecule has 1 aliphatic rings. The first kappa shape index (κ1) is 24.8. The Labute approximate surface area is 206 Å². The zero-order valence-corrected chi connectivity index (χ0v) is 19.7. The van der Waals surface area contributed by atoms with Gasteiger partial charge in [-0.2, -0.15) is 0 Å². The maximum Gasteiger partial charge on any atom is 0.246 e. The first-order valence-electron chi connectivity index (χ1n) is 11.1. The summed E-state index contributed by atoms with van der Waals surface area (Å²) in [6.45, 7) is 1.72. The third kappa shape index (κ3) is 5.33. The number of aromatic nitrogens is 3. The van der Waals surface area contributed by atoms with Crippen LogP contribution in [0.3, 0.4) is 0 Å². The van der Waals surface area contributed by atoms with Crippen molar-refractivity contribution < 1.29 is 23.9 Å². The second-order valence-electron chi connectivity index (χ2n) is 8.17. The number of fused-ring (bicyclic) bond motifs is 1. The lowest BCUT2D eigenvalue weighted by Gasteiger charge is -2.29. The molecule has 12 heteroatoms. The summed E-state index contributed by atoms with van der Waals surface area (Å²) in [6.07, 6.45) is -0.958. The van der Waals surface area contributed by atoms with Gasteiger partial charge in [-0.15, -0.1) is 0 Å². The Morgan fingerprint density at radius 2 is 2.11 bits per heavy atom. The second-order valence-corrected chi connectivity index (χ2v) is 8.17. The van der Waals surface area contributed by atoms with Gasteiger partial charge >= 0.3 is 0 Å². The Kier molecular flexibility index (Phi) is 7.25. The summed E-state index contributed by atoms with van der Waals surface area (Å²) in [7, 11) is 1.51. The van der Waals surface area contributed by atoms with Crippen molar-refractivity contribution in [3.63, 3.8) is 0 Å². The number of benzene rings is 1. The van der Waals surface area contributed by atoms with E-state index in [4.69, 9.17) is 21.0 Å². The molecule has 1 aromatic carbocycles. The standard InChI is InChI=1S/C24H26FN7O4/c1-12-21-18(31-24(27)28-12)11-17(30-23(21)32-36-9-8-19(33)22(26)34)14-7-6-13(25)10-15(14)16-4-3-5-20(29-16)35-2/h3-7,10,17,19,33H,8-9,11H2,1-2H3,(H2,26,34)(H,30,32)(H2,27,28,31). The zero-order chi connectivity index (χ0) is 25.8. The minimum Gasteiger partial charge on any atom is -0.481 e. The quantitative estimate of drug-likeness (QED) is 0.266. The maximum atomic E-state index is 14.3. The summed E-state index contributed by atoms with van der Waals surface area (Å²) < 4.78 is 19.6. The summed E-state index contributed by atoms with van der Waals surface area (Å²) >= 11 is 0. The number of aliphatic hydroxyl groups excluding tert-OH is 1. The topological polar surface area (TPSA) is 171 Å². The summed E-state index contributed by atoms with van der Waals surface area (Å²) in [5.74, 6) is -0.411. The number of amidine groups is 1. The molecular formula is C24H26FN7O4. The van der Waals surface area contributed by atoms with Gasteiger partial charge in [0.2, 0.25) is 17.7 Å². The number of carbonyl (C=O) groups is 1. The first-order chi connectivity index (χ1) is 17.3. The summed E-state index contributed by atoms with van der Waals surface area (Å²) in [5, 5.41) is 17.1. The van der Waals surface area contributed by atoms with E-state index >= 15 is 0 Å². The van der Waals surface area contributed by atoms with Crippen molar-refractivity contribution in [2.24, 2.45) is 10.9 Å². The molecule has 0 aliphatic carbocycles. The molecule has 3 aromatic rings. The second kappa shape index (κ2) is 10.5. The fourth-order valence-corrected chi connectivity index (χ4v) is 4.00. The molecule has 4 rings (SSSR count). The maximum absolute atomic E-state index is 14.3. The number of carbonyl (C=O) groups excluding carboxylic acids is 1. The molecule has 6 N–H and O–H groups in total. The number of methoxy groups -OCH3 is 1. The number of amides is 1. The van der Waals surface area contributed by atoms with Crippen LogP contribution in [0.2, 0.25) is 0 Å². The number of pyridine rings is 1. The molecule has 2 unspecified atom stereocenters. The number of hydrogen-bond donors (Lipinski definition) is 4. The molecule has 2 aromatic heterocycles. The fourth-order valence-electron chi connectivity index (χ4n) is 4.00. The Balaban J connectivity index is 1.72. The molecule has 0 fully saturated rings. The van der Waals surface area contributed by atoms with E-state index < -0.39 is 23.9 Å². The number of primary amides is 1. The molecule has 0 spiro atoms. The molecule has 0 saturated carbocycles. The summed E-state index contributed by atoms with van der Waals surface area (Å²) in [5.41, 5.74) is 14.7. The van der Waals surface area contributed by atoms with Gasteiger partial charge in [-0.3, -0.25) is 4.79 Å². The van der Waals surface area contributed by atoms with Crippen LogP contribution in [0.5, 0.6) is 5.88 Å². The van der Waals surface area contributed by atoms with Crippen molar-refractivity contribution in [2.75, 3.05) is 19.5 Å². The number of rotatable bonds is 8. The molecule has 36 heavy (non-hydrogen) atoms. The van der Waals surface area contributed by atoms with Crippen LogP contribution in [0.1, 0.15) is 35.0 Å². The van der Waals surface area contributed by atoms with Crippen LogP contribution in [0.4, 0.5) is 10.3 Å². The Hall–Kier alpha value is -4.32. The van der Waals surface area contributed by atoms with E-state index in [9.17, 15) is 14.3 Å². The van der Waals surface area contributed by atoms with Crippen LogP contribution in [-0.4, -0.2) is 51.6 Å². The highest BCUT2D eigenvalue weighted by atomic mass is 19.1. The summed E-state index contributed by atoms with van der Waals surface area (Å²) in [4.78, 5) is 29.5. The minimum atomic E-state index is -1.34.